The van der Waals surface area contributed by atoms with E-state index in [0.717, 1.165) is 23.1 Å². The van der Waals surface area contributed by atoms with E-state index in [-0.39, 0.29) is 1.43 Å². The fourth-order valence-electron chi connectivity index (χ4n) is 2.22. The molecule has 0 radical (unpaired) electrons. The van der Waals surface area contributed by atoms with Crippen LogP contribution in [0.25, 0.3) is 16.6 Å². The number of para-hydroxylation sites is 1. The summed E-state index contributed by atoms with van der Waals surface area (Å²) in [5, 5.41) is 0. The van der Waals surface area contributed by atoms with Gasteiger partial charge in [0, 0.05) is 13.5 Å². The quantitative estimate of drug-likeness (QED) is 0.676. The summed E-state index contributed by atoms with van der Waals surface area (Å²) in [7, 11) is 0. The Labute approximate surface area is 92.3 Å². The fraction of sp³-hybridized carbons (Fsp3) is 0.167. The van der Waals surface area contributed by atoms with E-state index in [0.29, 0.717) is 12.1 Å². The topological polar surface area (TPSA) is 54.9 Å². The zero-order valence-electron chi connectivity index (χ0n) is 8.62. The van der Waals surface area contributed by atoms with Crippen molar-refractivity contribution in [3.63, 3.8) is 0 Å². The van der Waals surface area contributed by atoms with Crippen LogP contribution in [0.4, 0.5) is 0 Å². The van der Waals surface area contributed by atoms with Gasteiger partial charge in [-0.25, -0.2) is 0 Å². The maximum absolute atomic E-state index is 11.7. The van der Waals surface area contributed by atoms with Crippen LogP contribution in [0, 0.1) is 0 Å². The lowest BCUT2D eigenvalue weighted by Gasteiger charge is -2.20. The van der Waals surface area contributed by atoms with Crippen LogP contribution in [0.2, 0.25) is 0 Å². The van der Waals surface area contributed by atoms with Gasteiger partial charge < -0.3 is 9.55 Å². The molecule has 16 heavy (non-hydrogen) atoms. The number of hydrogen-bond donors (Lipinski definition) is 1. The first-order valence-electron chi connectivity index (χ1n) is 5.12. The number of aromatic amines is 1. The number of nitrogens with zero attached hydrogens (tertiary/aromatic N) is 1. The van der Waals surface area contributed by atoms with Crippen molar-refractivity contribution in [2.24, 2.45) is 0 Å². The second kappa shape index (κ2) is 2.95. The largest absolute Gasteiger partial charge is 0.316 e. The van der Waals surface area contributed by atoms with E-state index in [9.17, 15) is 9.59 Å². The molecular formula is C12H12N2O2. The molecule has 2 heterocycles. The third-order valence-corrected chi connectivity index (χ3v) is 3.01. The van der Waals surface area contributed by atoms with Gasteiger partial charge in [0.1, 0.15) is 0 Å². The minimum atomic E-state index is -0.558. The number of H-pyrrole nitrogens is 1. The Balaban J connectivity index is 0.00000108. The van der Waals surface area contributed by atoms with Gasteiger partial charge in [-0.15, -0.1) is 0 Å². The smallest absolute Gasteiger partial charge is 0.316 e. The van der Waals surface area contributed by atoms with E-state index >= 15 is 0 Å². The summed E-state index contributed by atoms with van der Waals surface area (Å²) < 4.78 is 1.54. The van der Waals surface area contributed by atoms with Crippen molar-refractivity contribution in [2.45, 2.75) is 13.0 Å². The van der Waals surface area contributed by atoms with Crippen molar-refractivity contribution in [3.05, 3.63) is 51.0 Å². The number of hydrogen-bond acceptors (Lipinski definition) is 2. The van der Waals surface area contributed by atoms with Gasteiger partial charge in [-0.1, -0.05) is 18.7 Å². The normalized spacial score (nSPS) is 14.4. The van der Waals surface area contributed by atoms with E-state index < -0.39 is 11.1 Å². The van der Waals surface area contributed by atoms with Crippen LogP contribution in [-0.2, 0) is 6.54 Å². The predicted octanol–water partition coefficient (Wildman–Crippen LogP) is 1.35. The zero-order chi connectivity index (χ0) is 11.3. The molecule has 0 saturated carbocycles. The summed E-state index contributed by atoms with van der Waals surface area (Å²) in [5.74, 6) is 0. The number of rotatable bonds is 0. The monoisotopic (exact) mass is 216 g/mol. The Kier molecular flexibility index (Phi) is 1.68. The first-order chi connectivity index (χ1) is 7.68. The van der Waals surface area contributed by atoms with Crippen molar-refractivity contribution < 1.29 is 1.43 Å². The molecule has 1 aliphatic heterocycles. The molecule has 2 aromatic rings. The molecule has 0 spiro atoms. The van der Waals surface area contributed by atoms with Crippen LogP contribution in [0.15, 0.2) is 34.4 Å². The van der Waals surface area contributed by atoms with Gasteiger partial charge in [0.15, 0.2) is 0 Å². The SMILES string of the molecule is C=C1CCn2c(=O)c(=O)[nH]c3cccc1c32.[HH]. The third-order valence-electron chi connectivity index (χ3n) is 3.01. The molecular weight excluding hydrogens is 204 g/mol. The number of benzene rings is 1. The van der Waals surface area contributed by atoms with E-state index in [4.69, 9.17) is 0 Å². The van der Waals surface area contributed by atoms with Gasteiger partial charge >= 0.3 is 11.1 Å². The van der Waals surface area contributed by atoms with Crippen LogP contribution in [0.5, 0.6) is 0 Å². The van der Waals surface area contributed by atoms with Gasteiger partial charge in [0.2, 0.25) is 0 Å². The van der Waals surface area contributed by atoms with Gasteiger partial charge in [0.25, 0.3) is 0 Å². The van der Waals surface area contributed by atoms with Crippen molar-refractivity contribution in [3.8, 4) is 0 Å². The summed E-state index contributed by atoms with van der Waals surface area (Å²) >= 11 is 0. The highest BCUT2D eigenvalue weighted by molar-refractivity contribution is 5.89. The summed E-state index contributed by atoms with van der Waals surface area (Å²) in [5.41, 5.74) is 2.42. The highest BCUT2D eigenvalue weighted by Crippen LogP contribution is 2.28. The lowest BCUT2D eigenvalue weighted by atomic mass is 9.99. The lowest BCUT2D eigenvalue weighted by molar-refractivity contribution is 0.691. The van der Waals surface area contributed by atoms with Gasteiger partial charge in [0.05, 0.1) is 11.0 Å². The van der Waals surface area contributed by atoms with Crippen molar-refractivity contribution in [1.29, 1.82) is 0 Å². The molecule has 0 atom stereocenters. The summed E-state index contributed by atoms with van der Waals surface area (Å²) in [6, 6.07) is 5.59. The van der Waals surface area contributed by atoms with E-state index in [2.05, 4.69) is 11.6 Å². The van der Waals surface area contributed by atoms with Gasteiger partial charge in [-0.2, -0.15) is 0 Å². The molecule has 1 N–H and O–H groups in total. The average molecular weight is 216 g/mol. The van der Waals surface area contributed by atoms with E-state index in [1.54, 1.807) is 6.07 Å². The third kappa shape index (κ3) is 1.04. The Morgan fingerprint density at radius 3 is 3.00 bits per heavy atom. The number of aromatic nitrogens is 2. The Morgan fingerprint density at radius 1 is 1.38 bits per heavy atom. The second-order valence-corrected chi connectivity index (χ2v) is 3.97. The van der Waals surface area contributed by atoms with E-state index in [1.165, 1.54) is 4.57 Å². The highest BCUT2D eigenvalue weighted by Gasteiger charge is 2.17. The maximum Gasteiger partial charge on any atom is 0.316 e. The van der Waals surface area contributed by atoms with Crippen LogP contribution in [0.3, 0.4) is 0 Å². The summed E-state index contributed by atoms with van der Waals surface area (Å²) in [4.78, 5) is 25.7. The van der Waals surface area contributed by atoms with Crippen LogP contribution in [-0.4, -0.2) is 9.55 Å². The van der Waals surface area contributed by atoms with Gasteiger partial charge in [-0.3, -0.25) is 9.59 Å². The minimum absolute atomic E-state index is 0. The maximum atomic E-state index is 11.7. The molecule has 4 nitrogen and oxygen atoms in total. The van der Waals surface area contributed by atoms with Crippen molar-refractivity contribution in [2.75, 3.05) is 0 Å². The van der Waals surface area contributed by atoms with Gasteiger partial charge in [-0.05, 0) is 18.1 Å². The molecule has 0 aliphatic carbocycles. The van der Waals surface area contributed by atoms with Crippen LogP contribution in [0.1, 0.15) is 13.4 Å². The predicted molar refractivity (Wildman–Crippen MR) is 64.6 cm³/mol. The molecule has 1 aromatic carbocycles. The lowest BCUT2D eigenvalue weighted by Crippen LogP contribution is -2.37. The molecule has 4 heteroatoms. The zero-order valence-corrected chi connectivity index (χ0v) is 8.62. The Hall–Kier alpha value is -2.10. The molecule has 82 valence electrons. The Bertz CT molecular complexity index is 727. The fourth-order valence-corrected chi connectivity index (χ4v) is 2.22. The average Bonchev–Trinajstić information content (AvgIpc) is 2.28. The first-order valence-corrected chi connectivity index (χ1v) is 5.12. The highest BCUT2D eigenvalue weighted by atomic mass is 16.2. The molecule has 0 bridgehead atoms. The molecule has 1 aromatic heterocycles. The molecule has 1 aliphatic rings. The number of nitrogens with one attached hydrogen (secondary N) is 1. The number of aryl methyl sites for hydroxylation is 1. The second-order valence-electron chi connectivity index (χ2n) is 3.97. The standard InChI is InChI=1S/C12H10N2O2.H2/c1-7-5-6-14-10-8(7)3-2-4-9(10)13-11(15)12(14)16;/h2-4H,1,5-6H2,(H,13,15);1H. The van der Waals surface area contributed by atoms with Crippen LogP contribution >= 0.6 is 0 Å². The number of allylic oxidation sites excluding steroid dienone is 1. The summed E-state index contributed by atoms with van der Waals surface area (Å²) in [6.07, 6.45) is 0.718. The van der Waals surface area contributed by atoms with E-state index in [1.807, 2.05) is 12.1 Å². The molecule has 3 rings (SSSR count). The first kappa shape index (κ1) is 9.15. The molecule has 0 amide bonds. The molecule has 0 fully saturated rings. The molecule has 0 saturated heterocycles. The van der Waals surface area contributed by atoms with Crippen LogP contribution < -0.4 is 11.1 Å². The van der Waals surface area contributed by atoms with Crippen molar-refractivity contribution in [1.82, 2.24) is 9.55 Å². The van der Waals surface area contributed by atoms with Crippen molar-refractivity contribution >= 4 is 16.6 Å². The Morgan fingerprint density at radius 2 is 2.19 bits per heavy atom. The summed E-state index contributed by atoms with van der Waals surface area (Å²) in [6.45, 7) is 4.52. The minimum Gasteiger partial charge on any atom is -0.316 e. The molecule has 0 unspecified atom stereocenters.